The summed E-state index contributed by atoms with van der Waals surface area (Å²) in [5, 5.41) is 10.7. The molecule has 0 N–H and O–H groups in total. The zero-order valence-electron chi connectivity index (χ0n) is 13.4. The number of non-ortho nitro benzene ring substituents is 1. The molecule has 0 heterocycles. The van der Waals surface area contributed by atoms with Crippen LogP contribution in [0.2, 0.25) is 0 Å². The molecule has 0 spiro atoms. The number of carbonyl (C=O) groups is 1. The maximum Gasteiger partial charge on any atom is 0.270 e. The Morgan fingerprint density at radius 3 is 2.30 bits per heavy atom. The molecule has 4 nitrogen and oxygen atoms in total. The molecule has 118 valence electrons. The highest BCUT2D eigenvalue weighted by atomic mass is 16.6. The number of allylic oxidation sites excluding steroid dienone is 1. The molecule has 0 aliphatic carbocycles. The van der Waals surface area contributed by atoms with E-state index in [0.717, 1.165) is 5.56 Å². The molecule has 2 rings (SSSR count). The molecule has 2 aromatic rings. The molecule has 0 saturated carbocycles. The van der Waals surface area contributed by atoms with Crippen molar-refractivity contribution < 1.29 is 9.72 Å². The van der Waals surface area contributed by atoms with Gasteiger partial charge in [0.15, 0.2) is 5.78 Å². The first-order valence-electron chi connectivity index (χ1n) is 7.35. The Bertz CT molecular complexity index is 753. The molecule has 0 saturated heterocycles. The molecule has 2 aromatic carbocycles. The number of carbonyl (C=O) groups excluding carboxylic acids is 1. The van der Waals surface area contributed by atoms with Crippen LogP contribution < -0.4 is 0 Å². The minimum atomic E-state index is -0.508. The lowest BCUT2D eigenvalue weighted by atomic mass is 9.87. The van der Waals surface area contributed by atoms with Gasteiger partial charge in [0.05, 0.1) is 4.92 Å². The van der Waals surface area contributed by atoms with Gasteiger partial charge in [-0.25, -0.2) is 0 Å². The average molecular weight is 309 g/mol. The Morgan fingerprint density at radius 1 is 1.09 bits per heavy atom. The van der Waals surface area contributed by atoms with Crippen LogP contribution >= 0.6 is 0 Å². The van der Waals surface area contributed by atoms with E-state index in [-0.39, 0.29) is 16.9 Å². The largest absolute Gasteiger partial charge is 0.289 e. The zero-order chi connectivity index (χ0) is 17.0. The number of rotatable bonds is 4. The van der Waals surface area contributed by atoms with Crippen molar-refractivity contribution in [1.29, 1.82) is 0 Å². The molecule has 4 heteroatoms. The first kappa shape index (κ1) is 16.6. The number of hydrogen-bond donors (Lipinski definition) is 0. The Labute approximate surface area is 135 Å². The summed E-state index contributed by atoms with van der Waals surface area (Å²) in [7, 11) is 0. The summed E-state index contributed by atoms with van der Waals surface area (Å²) >= 11 is 0. The van der Waals surface area contributed by atoms with Gasteiger partial charge in [0, 0.05) is 17.7 Å². The normalized spacial score (nSPS) is 11.6. The molecule has 0 amide bonds. The van der Waals surface area contributed by atoms with Gasteiger partial charge in [-0.2, -0.15) is 0 Å². The number of nitro benzene ring substituents is 1. The SMILES string of the molecule is CC(C)(C)c1ccc(/C=C/C(=O)c2cccc([N+](=O)[O-])c2)cc1. The summed E-state index contributed by atoms with van der Waals surface area (Å²) in [6.07, 6.45) is 3.15. The fraction of sp³-hybridized carbons (Fsp3) is 0.211. The lowest BCUT2D eigenvalue weighted by Gasteiger charge is -2.18. The van der Waals surface area contributed by atoms with Crippen molar-refractivity contribution in [2.75, 3.05) is 0 Å². The number of nitrogens with zero attached hydrogens (tertiary/aromatic N) is 1. The van der Waals surface area contributed by atoms with E-state index in [4.69, 9.17) is 0 Å². The molecule has 0 fully saturated rings. The molecule has 0 unspecified atom stereocenters. The molecular formula is C19H19NO3. The minimum Gasteiger partial charge on any atom is -0.289 e. The van der Waals surface area contributed by atoms with Gasteiger partial charge >= 0.3 is 0 Å². The van der Waals surface area contributed by atoms with Crippen molar-refractivity contribution in [3.63, 3.8) is 0 Å². The van der Waals surface area contributed by atoms with Gasteiger partial charge in [0.25, 0.3) is 5.69 Å². The van der Waals surface area contributed by atoms with Gasteiger partial charge in [-0.3, -0.25) is 14.9 Å². The summed E-state index contributed by atoms with van der Waals surface area (Å²) in [5.74, 6) is -0.256. The summed E-state index contributed by atoms with van der Waals surface area (Å²) in [5.41, 5.74) is 2.44. The third-order valence-electron chi connectivity index (χ3n) is 3.55. The number of ketones is 1. The average Bonchev–Trinajstić information content (AvgIpc) is 2.52. The van der Waals surface area contributed by atoms with Crippen LogP contribution in [0.5, 0.6) is 0 Å². The molecule has 0 radical (unpaired) electrons. The van der Waals surface area contributed by atoms with Gasteiger partial charge < -0.3 is 0 Å². The number of hydrogen-bond acceptors (Lipinski definition) is 3. The Balaban J connectivity index is 2.15. The Morgan fingerprint density at radius 2 is 1.74 bits per heavy atom. The van der Waals surface area contributed by atoms with Crippen molar-refractivity contribution in [1.82, 2.24) is 0 Å². The van der Waals surface area contributed by atoms with Gasteiger partial charge in [0.1, 0.15) is 0 Å². The first-order valence-corrected chi connectivity index (χ1v) is 7.35. The van der Waals surface area contributed by atoms with Crippen LogP contribution in [0.1, 0.15) is 42.3 Å². The first-order chi connectivity index (χ1) is 10.8. The Kier molecular flexibility index (Phi) is 4.74. The van der Waals surface area contributed by atoms with Crippen molar-refractivity contribution in [2.24, 2.45) is 0 Å². The lowest BCUT2D eigenvalue weighted by Crippen LogP contribution is -2.10. The summed E-state index contributed by atoms with van der Waals surface area (Å²) in [4.78, 5) is 22.3. The molecule has 0 aromatic heterocycles. The van der Waals surface area contributed by atoms with E-state index in [1.54, 1.807) is 12.1 Å². The smallest absolute Gasteiger partial charge is 0.270 e. The molecule has 0 atom stereocenters. The third-order valence-corrected chi connectivity index (χ3v) is 3.55. The number of nitro groups is 1. The molecule has 0 aliphatic rings. The van der Waals surface area contributed by atoms with E-state index in [0.29, 0.717) is 5.56 Å². The highest BCUT2D eigenvalue weighted by Crippen LogP contribution is 2.22. The zero-order valence-corrected chi connectivity index (χ0v) is 13.4. The topological polar surface area (TPSA) is 60.2 Å². The van der Waals surface area contributed by atoms with Crippen molar-refractivity contribution >= 4 is 17.5 Å². The fourth-order valence-corrected chi connectivity index (χ4v) is 2.14. The van der Waals surface area contributed by atoms with Gasteiger partial charge in [-0.15, -0.1) is 0 Å². The van der Waals surface area contributed by atoms with Crippen LogP contribution in [0, 0.1) is 10.1 Å². The van der Waals surface area contributed by atoms with Gasteiger partial charge in [-0.05, 0) is 22.6 Å². The Hall–Kier alpha value is -2.75. The fourth-order valence-electron chi connectivity index (χ4n) is 2.14. The second kappa shape index (κ2) is 6.57. The van der Waals surface area contributed by atoms with Crippen molar-refractivity contribution in [3.05, 3.63) is 81.4 Å². The predicted octanol–water partition coefficient (Wildman–Crippen LogP) is 4.79. The predicted molar refractivity (Wildman–Crippen MR) is 91.6 cm³/mol. The molecule has 0 aliphatic heterocycles. The third kappa shape index (κ3) is 4.36. The minimum absolute atomic E-state index is 0.0844. The maximum absolute atomic E-state index is 12.1. The maximum atomic E-state index is 12.1. The second-order valence-electron chi connectivity index (χ2n) is 6.38. The van der Waals surface area contributed by atoms with E-state index in [1.807, 2.05) is 24.3 Å². The molecule has 0 bridgehead atoms. The van der Waals surface area contributed by atoms with E-state index in [1.165, 1.54) is 29.8 Å². The van der Waals surface area contributed by atoms with Crippen LogP contribution in [0.3, 0.4) is 0 Å². The number of benzene rings is 2. The van der Waals surface area contributed by atoms with Crippen LogP contribution in [0.15, 0.2) is 54.6 Å². The van der Waals surface area contributed by atoms with E-state index >= 15 is 0 Å². The quantitative estimate of drug-likeness (QED) is 0.353. The van der Waals surface area contributed by atoms with Crippen molar-refractivity contribution in [2.45, 2.75) is 26.2 Å². The monoisotopic (exact) mass is 309 g/mol. The van der Waals surface area contributed by atoms with Crippen molar-refractivity contribution in [3.8, 4) is 0 Å². The van der Waals surface area contributed by atoms with Crippen LogP contribution in [0.25, 0.3) is 6.08 Å². The molecular weight excluding hydrogens is 290 g/mol. The van der Waals surface area contributed by atoms with E-state index in [2.05, 4.69) is 20.8 Å². The van der Waals surface area contributed by atoms with Crippen LogP contribution in [-0.4, -0.2) is 10.7 Å². The summed E-state index contributed by atoms with van der Waals surface area (Å²) < 4.78 is 0. The van der Waals surface area contributed by atoms with E-state index < -0.39 is 4.92 Å². The summed E-state index contributed by atoms with van der Waals surface area (Å²) in [6.45, 7) is 6.43. The lowest BCUT2D eigenvalue weighted by molar-refractivity contribution is -0.384. The van der Waals surface area contributed by atoms with Crippen LogP contribution in [-0.2, 0) is 5.41 Å². The van der Waals surface area contributed by atoms with E-state index in [9.17, 15) is 14.9 Å². The van der Waals surface area contributed by atoms with Gasteiger partial charge in [-0.1, -0.05) is 63.2 Å². The summed E-state index contributed by atoms with van der Waals surface area (Å²) in [6, 6.07) is 13.7. The highest BCUT2D eigenvalue weighted by Gasteiger charge is 2.12. The standard InChI is InChI=1S/C19H19NO3/c1-19(2,3)16-10-7-14(8-11-16)9-12-18(21)15-5-4-6-17(13-15)20(22)23/h4-13H,1-3H3/b12-9+. The molecule has 23 heavy (non-hydrogen) atoms. The van der Waals surface area contributed by atoms with Crippen LogP contribution in [0.4, 0.5) is 5.69 Å². The van der Waals surface area contributed by atoms with Gasteiger partial charge in [0.2, 0.25) is 0 Å². The second-order valence-corrected chi connectivity index (χ2v) is 6.38. The highest BCUT2D eigenvalue weighted by molar-refractivity contribution is 6.07.